The summed E-state index contributed by atoms with van der Waals surface area (Å²) in [6.45, 7) is 0.366. The molecule has 0 saturated heterocycles. The molecule has 0 atom stereocenters. The van der Waals surface area contributed by atoms with Crippen LogP contribution in [0.25, 0.3) is 6.08 Å². The molecule has 1 N–H and O–H groups in total. The van der Waals surface area contributed by atoms with Crippen molar-refractivity contribution in [3.05, 3.63) is 42.0 Å². The first-order valence-electron chi connectivity index (χ1n) is 5.66. The number of hydrogen-bond donors (Lipinski definition) is 1. The lowest BCUT2D eigenvalue weighted by Crippen LogP contribution is -2.23. The Bertz CT molecular complexity index is 506. The van der Waals surface area contributed by atoms with Crippen molar-refractivity contribution in [2.24, 2.45) is 0 Å². The van der Waals surface area contributed by atoms with Gasteiger partial charge in [0.1, 0.15) is 9.84 Å². The van der Waals surface area contributed by atoms with Gasteiger partial charge in [-0.25, -0.2) is 8.42 Å². The molecule has 0 aliphatic rings. The molecule has 1 rings (SSSR count). The Morgan fingerprint density at radius 1 is 1.28 bits per heavy atom. The van der Waals surface area contributed by atoms with Crippen molar-refractivity contribution in [3.63, 3.8) is 0 Å². The van der Waals surface area contributed by atoms with E-state index in [0.717, 1.165) is 5.56 Å². The second-order valence-electron chi connectivity index (χ2n) is 4.02. The van der Waals surface area contributed by atoms with E-state index >= 15 is 0 Å². The van der Waals surface area contributed by atoms with Gasteiger partial charge in [0.15, 0.2) is 0 Å². The molecule has 0 aromatic heterocycles. The molecule has 1 amide bonds. The van der Waals surface area contributed by atoms with Gasteiger partial charge < -0.3 is 5.32 Å². The summed E-state index contributed by atoms with van der Waals surface area (Å²) >= 11 is 0. The summed E-state index contributed by atoms with van der Waals surface area (Å²) in [6, 6.07) is 9.48. The first-order chi connectivity index (χ1) is 8.47. The third-order valence-electron chi connectivity index (χ3n) is 2.22. The predicted octanol–water partition coefficient (Wildman–Crippen LogP) is 1.25. The van der Waals surface area contributed by atoms with Crippen molar-refractivity contribution >= 4 is 21.8 Å². The summed E-state index contributed by atoms with van der Waals surface area (Å²) in [4.78, 5) is 11.4. The van der Waals surface area contributed by atoms with Crippen molar-refractivity contribution in [2.75, 3.05) is 18.6 Å². The monoisotopic (exact) mass is 267 g/mol. The molecule has 1 aromatic rings. The number of sulfone groups is 1. The van der Waals surface area contributed by atoms with Crippen molar-refractivity contribution in [2.45, 2.75) is 6.42 Å². The van der Waals surface area contributed by atoms with Gasteiger partial charge in [-0.3, -0.25) is 4.79 Å². The van der Waals surface area contributed by atoms with Crippen LogP contribution in [0.5, 0.6) is 0 Å². The Labute approximate surface area is 108 Å². The summed E-state index contributed by atoms with van der Waals surface area (Å²) in [7, 11) is -2.95. The molecule has 0 radical (unpaired) electrons. The van der Waals surface area contributed by atoms with Gasteiger partial charge in [0.05, 0.1) is 5.75 Å². The molecule has 0 aliphatic carbocycles. The van der Waals surface area contributed by atoms with Crippen LogP contribution in [0, 0.1) is 0 Å². The fourth-order valence-electron chi connectivity index (χ4n) is 1.34. The van der Waals surface area contributed by atoms with Gasteiger partial charge in [0.2, 0.25) is 5.91 Å². The van der Waals surface area contributed by atoms with Crippen LogP contribution in [-0.4, -0.2) is 32.9 Å². The Kier molecular flexibility index (Phi) is 5.58. The molecular formula is C13H17NO3S. The van der Waals surface area contributed by atoms with Crippen LogP contribution in [0.3, 0.4) is 0 Å². The maximum Gasteiger partial charge on any atom is 0.243 e. The molecule has 0 fully saturated rings. The first kappa shape index (κ1) is 14.4. The summed E-state index contributed by atoms with van der Waals surface area (Å²) < 4.78 is 21.7. The van der Waals surface area contributed by atoms with Crippen LogP contribution in [0.2, 0.25) is 0 Å². The highest BCUT2D eigenvalue weighted by atomic mass is 32.2. The van der Waals surface area contributed by atoms with Gasteiger partial charge in [-0.2, -0.15) is 0 Å². The van der Waals surface area contributed by atoms with E-state index in [9.17, 15) is 13.2 Å². The van der Waals surface area contributed by atoms with Crippen molar-refractivity contribution in [3.8, 4) is 0 Å². The molecule has 18 heavy (non-hydrogen) atoms. The zero-order chi connectivity index (χ0) is 13.4. The lowest BCUT2D eigenvalue weighted by molar-refractivity contribution is -0.116. The highest BCUT2D eigenvalue weighted by molar-refractivity contribution is 7.90. The van der Waals surface area contributed by atoms with Crippen LogP contribution < -0.4 is 5.32 Å². The zero-order valence-electron chi connectivity index (χ0n) is 10.3. The molecule has 5 heteroatoms. The van der Waals surface area contributed by atoms with Crippen molar-refractivity contribution in [1.82, 2.24) is 5.32 Å². The minimum Gasteiger partial charge on any atom is -0.353 e. The van der Waals surface area contributed by atoms with E-state index in [0.29, 0.717) is 13.0 Å². The summed E-state index contributed by atoms with van der Waals surface area (Å²) in [5.41, 5.74) is 0.948. The van der Waals surface area contributed by atoms with E-state index in [1.54, 1.807) is 6.08 Å². The second-order valence-corrected chi connectivity index (χ2v) is 6.28. The lowest BCUT2D eigenvalue weighted by atomic mass is 10.2. The Morgan fingerprint density at radius 3 is 2.56 bits per heavy atom. The van der Waals surface area contributed by atoms with Crippen LogP contribution in [-0.2, 0) is 14.6 Å². The van der Waals surface area contributed by atoms with Gasteiger partial charge >= 0.3 is 0 Å². The average Bonchev–Trinajstić information content (AvgIpc) is 2.32. The molecule has 0 bridgehead atoms. The second kappa shape index (κ2) is 6.96. The van der Waals surface area contributed by atoms with Gasteiger partial charge in [-0.15, -0.1) is 0 Å². The molecule has 4 nitrogen and oxygen atoms in total. The topological polar surface area (TPSA) is 63.2 Å². The minimum absolute atomic E-state index is 0.0929. The van der Waals surface area contributed by atoms with E-state index in [1.807, 2.05) is 30.3 Å². The number of carbonyl (C=O) groups is 1. The number of benzene rings is 1. The van der Waals surface area contributed by atoms with Gasteiger partial charge in [-0.1, -0.05) is 30.3 Å². The SMILES string of the molecule is CS(=O)(=O)CCCNC(=O)C=Cc1ccccc1. The van der Waals surface area contributed by atoms with E-state index in [2.05, 4.69) is 5.32 Å². The maximum atomic E-state index is 11.4. The fourth-order valence-corrected chi connectivity index (χ4v) is 2.01. The standard InChI is InChI=1S/C13H17NO3S/c1-18(16,17)11-5-10-14-13(15)9-8-12-6-3-2-4-7-12/h2-4,6-9H,5,10-11H2,1H3,(H,14,15). The maximum absolute atomic E-state index is 11.4. The summed E-state index contributed by atoms with van der Waals surface area (Å²) in [5, 5.41) is 2.64. The number of rotatable bonds is 6. The van der Waals surface area contributed by atoms with Crippen LogP contribution in [0.15, 0.2) is 36.4 Å². The molecule has 0 heterocycles. The molecule has 0 aliphatic heterocycles. The minimum atomic E-state index is -2.95. The number of nitrogens with one attached hydrogen (secondary N) is 1. The van der Waals surface area contributed by atoms with E-state index in [4.69, 9.17) is 0 Å². The third-order valence-corrected chi connectivity index (χ3v) is 3.25. The first-order valence-corrected chi connectivity index (χ1v) is 7.72. The zero-order valence-corrected chi connectivity index (χ0v) is 11.1. The molecule has 0 saturated carbocycles. The predicted molar refractivity (Wildman–Crippen MR) is 72.8 cm³/mol. The Hall–Kier alpha value is -1.62. The Morgan fingerprint density at radius 2 is 1.94 bits per heavy atom. The van der Waals surface area contributed by atoms with E-state index < -0.39 is 9.84 Å². The van der Waals surface area contributed by atoms with Gasteiger partial charge in [0, 0.05) is 18.9 Å². The molecule has 0 unspecified atom stereocenters. The van der Waals surface area contributed by atoms with E-state index in [-0.39, 0.29) is 11.7 Å². The average molecular weight is 267 g/mol. The van der Waals surface area contributed by atoms with Gasteiger partial charge in [-0.05, 0) is 18.1 Å². The Balaban J connectivity index is 2.28. The summed E-state index contributed by atoms with van der Waals surface area (Å²) in [5.74, 6) is -0.122. The van der Waals surface area contributed by atoms with Gasteiger partial charge in [0.25, 0.3) is 0 Å². The lowest BCUT2D eigenvalue weighted by Gasteiger charge is -2.01. The summed E-state index contributed by atoms with van der Waals surface area (Å²) in [6.07, 6.45) is 4.77. The van der Waals surface area contributed by atoms with Crippen LogP contribution in [0.1, 0.15) is 12.0 Å². The normalized spacial score (nSPS) is 11.6. The fraction of sp³-hybridized carbons (Fsp3) is 0.308. The highest BCUT2D eigenvalue weighted by Crippen LogP contribution is 2.00. The third kappa shape index (κ3) is 6.85. The van der Waals surface area contributed by atoms with E-state index in [1.165, 1.54) is 12.3 Å². The number of carbonyl (C=O) groups excluding carboxylic acids is 1. The molecule has 1 aromatic carbocycles. The van der Waals surface area contributed by atoms with Crippen molar-refractivity contribution < 1.29 is 13.2 Å². The highest BCUT2D eigenvalue weighted by Gasteiger charge is 2.01. The number of hydrogen-bond acceptors (Lipinski definition) is 3. The number of amides is 1. The molecular weight excluding hydrogens is 250 g/mol. The quantitative estimate of drug-likeness (QED) is 0.623. The molecule has 0 spiro atoms. The smallest absolute Gasteiger partial charge is 0.243 e. The van der Waals surface area contributed by atoms with Crippen molar-refractivity contribution in [1.29, 1.82) is 0 Å². The largest absolute Gasteiger partial charge is 0.353 e. The van der Waals surface area contributed by atoms with Crippen LogP contribution in [0.4, 0.5) is 0 Å². The molecule has 98 valence electrons. The van der Waals surface area contributed by atoms with Crippen LogP contribution >= 0.6 is 0 Å².